The van der Waals surface area contributed by atoms with E-state index in [1.165, 1.54) is 16.9 Å². The number of carbonyl (C=O) groups excluding carboxylic acids is 1. The predicted molar refractivity (Wildman–Crippen MR) is 107 cm³/mol. The molecule has 0 spiro atoms. The van der Waals surface area contributed by atoms with Crippen LogP contribution in [-0.2, 0) is 11.2 Å². The number of fused-ring (bicyclic) bond motifs is 1. The molecule has 0 unspecified atom stereocenters. The van der Waals surface area contributed by atoms with Crippen molar-refractivity contribution in [2.45, 2.75) is 12.8 Å². The van der Waals surface area contributed by atoms with Crippen molar-refractivity contribution in [3.8, 4) is 10.9 Å². The number of amides is 1. The molecule has 1 amide bonds. The van der Waals surface area contributed by atoms with Gasteiger partial charge in [0.15, 0.2) is 0 Å². The Balaban J connectivity index is 1.38. The number of benzene rings is 2. The van der Waals surface area contributed by atoms with E-state index < -0.39 is 6.61 Å². The van der Waals surface area contributed by atoms with Crippen LogP contribution in [0.2, 0.25) is 0 Å². The molecule has 0 radical (unpaired) electrons. The highest BCUT2D eigenvalue weighted by atomic mass is 32.1. The first-order chi connectivity index (χ1) is 13.2. The lowest BCUT2D eigenvalue weighted by atomic mass is 10.1. The zero-order valence-electron chi connectivity index (χ0n) is 15.0. The zero-order chi connectivity index (χ0) is 18.9. The third kappa shape index (κ3) is 6.02. The average Bonchev–Trinajstić information content (AvgIpc) is 3.10. The van der Waals surface area contributed by atoms with Crippen molar-refractivity contribution < 1.29 is 14.6 Å². The summed E-state index contributed by atoms with van der Waals surface area (Å²) in [6, 6.07) is 16.0. The number of hydrogen-bond acceptors (Lipinski definition) is 6. The smallest absolute Gasteiger partial charge is 0.279 e. The number of para-hydroxylation sites is 1. The van der Waals surface area contributed by atoms with E-state index in [1.807, 2.05) is 36.4 Å². The summed E-state index contributed by atoms with van der Waals surface area (Å²) >= 11 is 1.54. The Kier molecular flexibility index (Phi) is 7.15. The third-order valence-corrected chi connectivity index (χ3v) is 4.90. The van der Waals surface area contributed by atoms with Crippen LogP contribution in [0.25, 0.3) is 10.2 Å². The molecule has 7 heteroatoms. The Morgan fingerprint density at radius 1 is 1.07 bits per heavy atom. The van der Waals surface area contributed by atoms with Crippen LogP contribution in [0, 0.1) is 0 Å². The number of nitrogens with one attached hydrogen (secondary N) is 2. The summed E-state index contributed by atoms with van der Waals surface area (Å²) in [5.41, 5.74) is 2.18. The van der Waals surface area contributed by atoms with Gasteiger partial charge in [-0.1, -0.05) is 35.6 Å². The zero-order valence-corrected chi connectivity index (χ0v) is 15.8. The molecule has 27 heavy (non-hydrogen) atoms. The van der Waals surface area contributed by atoms with Gasteiger partial charge >= 0.3 is 0 Å². The number of ether oxygens (including phenoxy) is 1. The van der Waals surface area contributed by atoms with Crippen LogP contribution in [0.1, 0.15) is 12.0 Å². The molecular weight excluding hydrogens is 362 g/mol. The molecule has 0 bridgehead atoms. The fourth-order valence-corrected chi connectivity index (χ4v) is 3.41. The van der Waals surface area contributed by atoms with Gasteiger partial charge in [0, 0.05) is 6.54 Å². The number of aromatic nitrogens is 1. The Morgan fingerprint density at radius 2 is 1.89 bits per heavy atom. The molecule has 1 aromatic heterocycles. The Hall–Kier alpha value is -2.48. The standard InChI is InChI=1S/C20H23N3O3S/c24-14-19(25)22-12-3-11-21-13-10-15-6-8-16(9-7-15)26-20-23-17-4-1-2-5-18(17)27-20/h1-2,4-9,21,24H,3,10-14H2,(H,22,25). The van der Waals surface area contributed by atoms with Crippen molar-refractivity contribution in [2.75, 3.05) is 26.2 Å². The maximum atomic E-state index is 10.9. The summed E-state index contributed by atoms with van der Waals surface area (Å²) < 4.78 is 6.97. The van der Waals surface area contributed by atoms with Crippen molar-refractivity contribution in [3.05, 3.63) is 54.1 Å². The van der Waals surface area contributed by atoms with E-state index in [4.69, 9.17) is 9.84 Å². The molecule has 0 aliphatic heterocycles. The van der Waals surface area contributed by atoms with E-state index in [9.17, 15) is 4.79 Å². The number of aliphatic hydroxyl groups excluding tert-OH is 1. The Labute approximate surface area is 162 Å². The largest absolute Gasteiger partial charge is 0.431 e. The van der Waals surface area contributed by atoms with Gasteiger partial charge in [0.05, 0.1) is 10.2 Å². The molecule has 0 fully saturated rings. The van der Waals surface area contributed by atoms with Gasteiger partial charge in [-0.25, -0.2) is 4.98 Å². The van der Waals surface area contributed by atoms with Crippen molar-refractivity contribution in [1.82, 2.24) is 15.6 Å². The van der Waals surface area contributed by atoms with Gasteiger partial charge in [-0.05, 0) is 55.8 Å². The Bertz CT molecular complexity index is 831. The number of rotatable bonds is 10. The van der Waals surface area contributed by atoms with Crippen LogP contribution in [-0.4, -0.2) is 42.2 Å². The number of carbonyl (C=O) groups is 1. The monoisotopic (exact) mass is 385 g/mol. The second-order valence-electron chi connectivity index (χ2n) is 6.06. The van der Waals surface area contributed by atoms with Crippen molar-refractivity contribution in [3.63, 3.8) is 0 Å². The normalized spacial score (nSPS) is 10.9. The highest BCUT2D eigenvalue weighted by Crippen LogP contribution is 2.31. The predicted octanol–water partition coefficient (Wildman–Crippen LogP) is 2.72. The number of thiazole rings is 1. The fourth-order valence-electron chi connectivity index (χ4n) is 2.57. The van der Waals surface area contributed by atoms with E-state index >= 15 is 0 Å². The van der Waals surface area contributed by atoms with Crippen molar-refractivity contribution in [1.29, 1.82) is 0 Å². The average molecular weight is 385 g/mol. The number of hydrogen-bond donors (Lipinski definition) is 3. The van der Waals surface area contributed by atoms with Crippen molar-refractivity contribution in [2.24, 2.45) is 0 Å². The second kappa shape index (κ2) is 10.0. The Morgan fingerprint density at radius 3 is 2.67 bits per heavy atom. The van der Waals surface area contributed by atoms with Gasteiger partial charge in [0.1, 0.15) is 12.4 Å². The van der Waals surface area contributed by atoms with Crippen molar-refractivity contribution >= 4 is 27.5 Å². The minimum absolute atomic E-state index is 0.330. The molecule has 142 valence electrons. The summed E-state index contributed by atoms with van der Waals surface area (Å²) in [6.07, 6.45) is 1.76. The van der Waals surface area contributed by atoms with Gasteiger partial charge < -0.3 is 20.5 Å². The number of aliphatic hydroxyl groups is 1. The molecule has 0 saturated heterocycles. The molecule has 1 heterocycles. The van der Waals surface area contributed by atoms with E-state index in [-0.39, 0.29) is 5.91 Å². The minimum atomic E-state index is -0.452. The second-order valence-corrected chi connectivity index (χ2v) is 7.05. The lowest BCUT2D eigenvalue weighted by Gasteiger charge is -2.07. The molecular formula is C20H23N3O3S. The van der Waals surface area contributed by atoms with Crippen LogP contribution in [0.4, 0.5) is 0 Å². The lowest BCUT2D eigenvalue weighted by Crippen LogP contribution is -2.29. The van der Waals surface area contributed by atoms with E-state index in [2.05, 4.69) is 27.8 Å². The van der Waals surface area contributed by atoms with Gasteiger partial charge in [-0.3, -0.25) is 4.79 Å². The van der Waals surface area contributed by atoms with Gasteiger partial charge in [-0.15, -0.1) is 0 Å². The van der Waals surface area contributed by atoms with E-state index in [0.29, 0.717) is 11.7 Å². The topological polar surface area (TPSA) is 83.5 Å². The van der Waals surface area contributed by atoms with Gasteiger partial charge in [-0.2, -0.15) is 0 Å². The molecule has 3 rings (SSSR count). The minimum Gasteiger partial charge on any atom is -0.431 e. The first-order valence-electron chi connectivity index (χ1n) is 8.95. The molecule has 0 atom stereocenters. The van der Waals surface area contributed by atoms with E-state index in [0.717, 1.165) is 41.9 Å². The fraction of sp³-hybridized carbons (Fsp3) is 0.300. The molecule has 6 nitrogen and oxygen atoms in total. The quantitative estimate of drug-likeness (QED) is 0.468. The van der Waals surface area contributed by atoms with Crippen LogP contribution in [0.5, 0.6) is 10.9 Å². The first kappa shape index (κ1) is 19.3. The summed E-state index contributed by atoms with van der Waals surface area (Å²) in [5, 5.41) is 15.2. The molecule has 3 aromatic rings. The molecule has 0 saturated carbocycles. The lowest BCUT2D eigenvalue weighted by molar-refractivity contribution is -0.123. The summed E-state index contributed by atoms with van der Waals surface area (Å²) in [7, 11) is 0. The maximum absolute atomic E-state index is 10.9. The van der Waals surface area contributed by atoms with Crippen LogP contribution >= 0.6 is 11.3 Å². The maximum Gasteiger partial charge on any atom is 0.279 e. The summed E-state index contributed by atoms with van der Waals surface area (Å²) in [4.78, 5) is 15.4. The molecule has 3 N–H and O–H groups in total. The van der Waals surface area contributed by atoms with Gasteiger partial charge in [0.2, 0.25) is 5.91 Å². The summed E-state index contributed by atoms with van der Waals surface area (Å²) in [6.45, 7) is 1.81. The molecule has 0 aliphatic rings. The molecule has 0 aliphatic carbocycles. The SMILES string of the molecule is O=C(CO)NCCCNCCc1ccc(Oc2nc3ccccc3s2)cc1. The van der Waals surface area contributed by atoms with E-state index in [1.54, 1.807) is 0 Å². The highest BCUT2D eigenvalue weighted by Gasteiger charge is 2.05. The first-order valence-corrected chi connectivity index (χ1v) is 9.77. The van der Waals surface area contributed by atoms with Gasteiger partial charge in [0.25, 0.3) is 5.19 Å². The van der Waals surface area contributed by atoms with Crippen LogP contribution in [0.15, 0.2) is 48.5 Å². The van der Waals surface area contributed by atoms with Crippen LogP contribution in [0.3, 0.4) is 0 Å². The van der Waals surface area contributed by atoms with Crippen LogP contribution < -0.4 is 15.4 Å². The highest BCUT2D eigenvalue weighted by molar-refractivity contribution is 7.20. The summed E-state index contributed by atoms with van der Waals surface area (Å²) in [5.74, 6) is 0.452. The number of nitrogens with zero attached hydrogens (tertiary/aromatic N) is 1. The third-order valence-electron chi connectivity index (χ3n) is 3.99. The molecule has 2 aromatic carbocycles.